The topological polar surface area (TPSA) is 43.9 Å². The van der Waals surface area contributed by atoms with Crippen LogP contribution in [0.5, 0.6) is 0 Å². The van der Waals surface area contributed by atoms with Crippen LogP contribution in [0.1, 0.15) is 26.2 Å². The second kappa shape index (κ2) is 6.89. The molecule has 0 saturated carbocycles. The maximum absolute atomic E-state index is 12.1. The van der Waals surface area contributed by atoms with E-state index >= 15 is 0 Å². The predicted molar refractivity (Wildman–Crippen MR) is 73.7 cm³/mol. The number of piperazine rings is 1. The molecule has 2 aliphatic rings. The number of hydrogen-bond donors (Lipinski definition) is 0. The Morgan fingerprint density at radius 2 is 1.74 bits per heavy atom. The number of nitrogens with zero attached hydrogens (tertiary/aromatic N) is 3. The molecule has 5 nitrogen and oxygen atoms in total. The van der Waals surface area contributed by atoms with Gasteiger partial charge in [0.15, 0.2) is 0 Å². The van der Waals surface area contributed by atoms with E-state index in [2.05, 4.69) is 11.8 Å². The molecule has 2 rings (SSSR count). The molecular weight excluding hydrogens is 242 g/mol. The first-order chi connectivity index (χ1) is 9.19. The van der Waals surface area contributed by atoms with E-state index in [0.717, 1.165) is 71.0 Å². The summed E-state index contributed by atoms with van der Waals surface area (Å²) in [5.74, 6) is 1.06. The maximum atomic E-state index is 12.1. The van der Waals surface area contributed by atoms with Crippen LogP contribution in [0.3, 0.4) is 0 Å². The minimum absolute atomic E-state index is 0.296. The highest BCUT2D eigenvalue weighted by Gasteiger charge is 2.21. The molecule has 0 N–H and O–H groups in total. The maximum Gasteiger partial charge on any atom is 0.223 e. The van der Waals surface area contributed by atoms with Crippen molar-refractivity contribution in [3.05, 3.63) is 0 Å². The largest absolute Gasteiger partial charge is 0.343 e. The molecule has 2 saturated heterocycles. The summed E-state index contributed by atoms with van der Waals surface area (Å²) in [6.07, 6.45) is 3.82. The number of rotatable bonds is 4. The van der Waals surface area contributed by atoms with E-state index in [1.165, 1.54) is 0 Å². The van der Waals surface area contributed by atoms with Gasteiger partial charge in [-0.3, -0.25) is 14.5 Å². The number of carbonyl (C=O) groups excluding carboxylic acids is 2. The van der Waals surface area contributed by atoms with Gasteiger partial charge in [0.1, 0.15) is 0 Å². The van der Waals surface area contributed by atoms with E-state index in [1.807, 2.05) is 4.90 Å². The molecule has 19 heavy (non-hydrogen) atoms. The SMILES string of the molecule is CC1CCN(C(=O)CCN2CCN(C=O)CC2)CC1. The van der Waals surface area contributed by atoms with Gasteiger partial charge in [-0.15, -0.1) is 0 Å². The molecule has 0 aromatic carbocycles. The Hall–Kier alpha value is -1.10. The molecule has 2 aliphatic heterocycles. The van der Waals surface area contributed by atoms with E-state index in [0.29, 0.717) is 12.3 Å². The van der Waals surface area contributed by atoms with Gasteiger partial charge in [0.2, 0.25) is 12.3 Å². The second-order valence-corrected chi connectivity index (χ2v) is 5.80. The van der Waals surface area contributed by atoms with Gasteiger partial charge in [0.25, 0.3) is 0 Å². The molecular formula is C14H25N3O2. The second-order valence-electron chi connectivity index (χ2n) is 5.80. The fraction of sp³-hybridized carbons (Fsp3) is 0.857. The summed E-state index contributed by atoms with van der Waals surface area (Å²) in [6.45, 7) is 8.31. The van der Waals surface area contributed by atoms with Crippen LogP contribution in [0, 0.1) is 5.92 Å². The van der Waals surface area contributed by atoms with Gasteiger partial charge in [0.05, 0.1) is 0 Å². The van der Waals surface area contributed by atoms with Crippen LogP contribution < -0.4 is 0 Å². The van der Waals surface area contributed by atoms with Crippen molar-refractivity contribution in [2.24, 2.45) is 5.92 Å². The number of amides is 2. The minimum atomic E-state index is 0.296. The lowest BCUT2D eigenvalue weighted by atomic mass is 9.99. The van der Waals surface area contributed by atoms with Crippen molar-refractivity contribution in [3.8, 4) is 0 Å². The van der Waals surface area contributed by atoms with E-state index in [9.17, 15) is 9.59 Å². The third-order valence-corrected chi connectivity index (χ3v) is 4.33. The van der Waals surface area contributed by atoms with E-state index in [1.54, 1.807) is 4.90 Å². The Labute approximate surface area is 115 Å². The molecule has 2 heterocycles. The molecule has 5 heteroatoms. The Kier molecular flexibility index (Phi) is 5.19. The quantitative estimate of drug-likeness (QED) is 0.693. The van der Waals surface area contributed by atoms with Crippen LogP contribution in [0.2, 0.25) is 0 Å². The van der Waals surface area contributed by atoms with Crippen LogP contribution >= 0.6 is 0 Å². The van der Waals surface area contributed by atoms with Crippen molar-refractivity contribution in [1.29, 1.82) is 0 Å². The Balaban J connectivity index is 1.65. The highest BCUT2D eigenvalue weighted by Crippen LogP contribution is 2.16. The van der Waals surface area contributed by atoms with Gasteiger partial charge < -0.3 is 9.80 Å². The molecule has 0 spiro atoms. The van der Waals surface area contributed by atoms with Crippen molar-refractivity contribution >= 4 is 12.3 Å². The zero-order valence-corrected chi connectivity index (χ0v) is 11.9. The van der Waals surface area contributed by atoms with Crippen LogP contribution in [0.15, 0.2) is 0 Å². The summed E-state index contributed by atoms with van der Waals surface area (Å²) in [4.78, 5) is 28.8. The van der Waals surface area contributed by atoms with Gasteiger partial charge in [-0.2, -0.15) is 0 Å². The fourth-order valence-corrected chi connectivity index (χ4v) is 2.76. The van der Waals surface area contributed by atoms with Crippen molar-refractivity contribution in [2.75, 3.05) is 45.8 Å². The van der Waals surface area contributed by atoms with Crippen molar-refractivity contribution in [2.45, 2.75) is 26.2 Å². The summed E-state index contributed by atoms with van der Waals surface area (Å²) in [5, 5.41) is 0. The van der Waals surface area contributed by atoms with Gasteiger partial charge in [0, 0.05) is 52.2 Å². The summed E-state index contributed by atoms with van der Waals surface area (Å²) < 4.78 is 0. The third kappa shape index (κ3) is 4.20. The molecule has 0 aliphatic carbocycles. The number of likely N-dealkylation sites (tertiary alicyclic amines) is 1. The lowest BCUT2D eigenvalue weighted by Crippen LogP contribution is -2.47. The summed E-state index contributed by atoms with van der Waals surface area (Å²) in [5.41, 5.74) is 0. The lowest BCUT2D eigenvalue weighted by Gasteiger charge is -2.34. The zero-order chi connectivity index (χ0) is 13.7. The first kappa shape index (κ1) is 14.3. The Morgan fingerprint density at radius 3 is 2.32 bits per heavy atom. The predicted octanol–water partition coefficient (Wildman–Crippen LogP) is 0.409. The van der Waals surface area contributed by atoms with Crippen molar-refractivity contribution in [1.82, 2.24) is 14.7 Å². The van der Waals surface area contributed by atoms with Crippen LogP contribution in [0.4, 0.5) is 0 Å². The van der Waals surface area contributed by atoms with E-state index in [-0.39, 0.29) is 0 Å². The molecule has 0 bridgehead atoms. The highest BCUT2D eigenvalue weighted by molar-refractivity contribution is 5.76. The monoisotopic (exact) mass is 267 g/mol. The van der Waals surface area contributed by atoms with Crippen LogP contribution in [-0.4, -0.2) is 72.8 Å². The van der Waals surface area contributed by atoms with Gasteiger partial charge in [-0.25, -0.2) is 0 Å². The van der Waals surface area contributed by atoms with Crippen LogP contribution in [-0.2, 0) is 9.59 Å². The van der Waals surface area contributed by atoms with E-state index < -0.39 is 0 Å². The zero-order valence-electron chi connectivity index (χ0n) is 11.9. The van der Waals surface area contributed by atoms with E-state index in [4.69, 9.17) is 0 Å². The number of hydrogen-bond acceptors (Lipinski definition) is 3. The molecule has 2 fully saturated rings. The van der Waals surface area contributed by atoms with Gasteiger partial charge in [-0.05, 0) is 18.8 Å². The molecule has 0 radical (unpaired) electrons. The van der Waals surface area contributed by atoms with Crippen molar-refractivity contribution < 1.29 is 9.59 Å². The summed E-state index contributed by atoms with van der Waals surface area (Å²) in [6, 6.07) is 0. The fourth-order valence-electron chi connectivity index (χ4n) is 2.76. The molecule has 0 atom stereocenters. The summed E-state index contributed by atoms with van der Waals surface area (Å²) >= 11 is 0. The van der Waals surface area contributed by atoms with Crippen molar-refractivity contribution in [3.63, 3.8) is 0 Å². The molecule has 0 aromatic heterocycles. The third-order valence-electron chi connectivity index (χ3n) is 4.33. The summed E-state index contributed by atoms with van der Waals surface area (Å²) in [7, 11) is 0. The average Bonchev–Trinajstić information content (AvgIpc) is 2.46. The minimum Gasteiger partial charge on any atom is -0.343 e. The average molecular weight is 267 g/mol. The highest BCUT2D eigenvalue weighted by atomic mass is 16.2. The molecule has 108 valence electrons. The van der Waals surface area contributed by atoms with Gasteiger partial charge >= 0.3 is 0 Å². The lowest BCUT2D eigenvalue weighted by molar-refractivity contribution is -0.133. The number of carbonyl (C=O) groups is 2. The number of piperidine rings is 1. The normalized spacial score (nSPS) is 22.6. The van der Waals surface area contributed by atoms with Gasteiger partial charge in [-0.1, -0.05) is 6.92 Å². The molecule has 0 unspecified atom stereocenters. The first-order valence-corrected chi connectivity index (χ1v) is 7.38. The Bertz CT molecular complexity index is 306. The standard InChI is InChI=1S/C14H25N3O2/c1-13-2-6-17(7-3-13)14(19)4-5-15-8-10-16(12-18)11-9-15/h12-13H,2-11H2,1H3. The molecule has 0 aromatic rings. The smallest absolute Gasteiger partial charge is 0.223 e. The first-order valence-electron chi connectivity index (χ1n) is 7.38. The van der Waals surface area contributed by atoms with Crippen LogP contribution in [0.25, 0.3) is 0 Å². The Morgan fingerprint density at radius 1 is 1.11 bits per heavy atom. The molecule has 2 amide bonds.